The summed E-state index contributed by atoms with van der Waals surface area (Å²) in [4.78, 5) is 51.2. The fourth-order valence-corrected chi connectivity index (χ4v) is 8.76. The molecule has 1 aliphatic heterocycles. The first-order valence-corrected chi connectivity index (χ1v) is 31.5. The number of ether oxygens (including phenoxy) is 5. The Labute approximate surface area is 490 Å². The molecule has 3 N–H and O–H groups in total. The van der Waals surface area contributed by atoms with Gasteiger partial charge in [0, 0.05) is 19.3 Å². The summed E-state index contributed by atoms with van der Waals surface area (Å²) in [5, 5.41) is 31.5. The summed E-state index contributed by atoms with van der Waals surface area (Å²) in [6.45, 7) is 5.70. The smallest absolute Gasteiger partial charge is 0.335 e. The zero-order valence-corrected chi connectivity index (χ0v) is 50.5. The molecule has 81 heavy (non-hydrogen) atoms. The van der Waals surface area contributed by atoms with Crippen molar-refractivity contribution < 1.29 is 58.2 Å². The van der Waals surface area contributed by atoms with E-state index in [0.717, 1.165) is 103 Å². The number of hydrogen-bond donors (Lipinski definition) is 3. The number of carbonyl (C=O) groups excluding carboxylic acids is 3. The number of aliphatic hydroxyl groups excluding tert-OH is 2. The molecular formula is C69H110O12. The third-order valence-electron chi connectivity index (χ3n) is 13.5. The second kappa shape index (κ2) is 55.6. The number of carboxylic acids is 1. The molecule has 1 saturated heterocycles. The largest absolute Gasteiger partial charge is 0.479 e. The van der Waals surface area contributed by atoms with Gasteiger partial charge in [-0.15, -0.1) is 0 Å². The van der Waals surface area contributed by atoms with Crippen LogP contribution in [0.3, 0.4) is 0 Å². The number of unbranched alkanes of at least 4 members (excludes halogenated alkanes) is 18. The van der Waals surface area contributed by atoms with Crippen LogP contribution in [0, 0.1) is 0 Å². The lowest BCUT2D eigenvalue weighted by Crippen LogP contribution is -2.61. The highest BCUT2D eigenvalue weighted by Gasteiger charge is 2.50. The van der Waals surface area contributed by atoms with Crippen molar-refractivity contribution in [3.63, 3.8) is 0 Å². The number of carboxylic acid groups (broad SMARTS) is 1. The highest BCUT2D eigenvalue weighted by molar-refractivity contribution is 5.74. The van der Waals surface area contributed by atoms with Gasteiger partial charge in [0.25, 0.3) is 0 Å². The predicted octanol–water partition coefficient (Wildman–Crippen LogP) is 16.8. The van der Waals surface area contributed by atoms with Crippen LogP contribution in [-0.4, -0.2) is 89.2 Å². The van der Waals surface area contributed by atoms with E-state index in [9.17, 15) is 34.5 Å². The van der Waals surface area contributed by atoms with Gasteiger partial charge in [0.05, 0.1) is 6.61 Å². The van der Waals surface area contributed by atoms with Crippen LogP contribution < -0.4 is 0 Å². The fraction of sp³-hybridized carbons (Fsp3) is 0.652. The lowest BCUT2D eigenvalue weighted by atomic mass is 9.98. The highest BCUT2D eigenvalue weighted by Crippen LogP contribution is 2.26. The molecule has 458 valence electrons. The van der Waals surface area contributed by atoms with E-state index in [1.165, 1.54) is 70.6 Å². The number of allylic oxidation sites excluding steroid dienone is 20. The lowest BCUT2D eigenvalue weighted by Gasteiger charge is -2.40. The number of esters is 3. The summed E-state index contributed by atoms with van der Waals surface area (Å²) in [6.07, 6.45) is 64.7. The number of aliphatic hydroxyl groups is 2. The highest BCUT2D eigenvalue weighted by atomic mass is 16.7. The number of rotatable bonds is 52. The number of hydrogen-bond acceptors (Lipinski definition) is 11. The van der Waals surface area contributed by atoms with E-state index in [1.54, 1.807) is 0 Å². The van der Waals surface area contributed by atoms with Crippen molar-refractivity contribution in [3.8, 4) is 0 Å². The van der Waals surface area contributed by atoms with E-state index in [1.807, 2.05) is 18.2 Å². The second-order valence-corrected chi connectivity index (χ2v) is 20.9. The van der Waals surface area contributed by atoms with Crippen molar-refractivity contribution in [3.05, 3.63) is 122 Å². The minimum atomic E-state index is -1.94. The maximum Gasteiger partial charge on any atom is 0.335 e. The van der Waals surface area contributed by atoms with Crippen molar-refractivity contribution in [2.75, 3.05) is 13.2 Å². The molecule has 0 saturated carbocycles. The van der Waals surface area contributed by atoms with Crippen LogP contribution in [0.1, 0.15) is 239 Å². The first-order chi connectivity index (χ1) is 39.6. The van der Waals surface area contributed by atoms with Gasteiger partial charge in [-0.1, -0.05) is 226 Å². The van der Waals surface area contributed by atoms with Gasteiger partial charge in [-0.3, -0.25) is 14.4 Å². The Morgan fingerprint density at radius 3 is 1.26 bits per heavy atom. The van der Waals surface area contributed by atoms with Crippen molar-refractivity contribution in [2.24, 2.45) is 0 Å². The molecule has 0 aromatic rings. The zero-order valence-electron chi connectivity index (χ0n) is 50.5. The molecule has 0 bridgehead atoms. The van der Waals surface area contributed by atoms with Gasteiger partial charge in [0.1, 0.15) is 18.8 Å². The maximum absolute atomic E-state index is 13.2. The molecule has 12 heteroatoms. The summed E-state index contributed by atoms with van der Waals surface area (Å²) in [5.41, 5.74) is 0. The molecule has 0 aromatic heterocycles. The molecule has 1 fully saturated rings. The monoisotopic (exact) mass is 1130 g/mol. The fourth-order valence-electron chi connectivity index (χ4n) is 8.76. The molecule has 6 atom stereocenters. The summed E-state index contributed by atoms with van der Waals surface area (Å²) < 4.78 is 28.4. The molecular weight excluding hydrogens is 1020 g/mol. The molecule has 0 aliphatic carbocycles. The quantitative estimate of drug-likeness (QED) is 0.0228. The van der Waals surface area contributed by atoms with Crippen molar-refractivity contribution in [1.29, 1.82) is 0 Å². The second-order valence-electron chi connectivity index (χ2n) is 20.9. The topological polar surface area (TPSA) is 175 Å². The van der Waals surface area contributed by atoms with Gasteiger partial charge < -0.3 is 39.0 Å². The van der Waals surface area contributed by atoms with Gasteiger partial charge in [-0.05, 0) is 116 Å². The van der Waals surface area contributed by atoms with Gasteiger partial charge in [-0.2, -0.15) is 0 Å². The van der Waals surface area contributed by atoms with E-state index in [2.05, 4.69) is 124 Å². The molecule has 0 amide bonds. The Kier molecular flexibility index (Phi) is 50.9. The van der Waals surface area contributed by atoms with Crippen LogP contribution in [0.5, 0.6) is 0 Å². The Morgan fingerprint density at radius 2 is 0.802 bits per heavy atom. The van der Waals surface area contributed by atoms with Gasteiger partial charge >= 0.3 is 23.9 Å². The van der Waals surface area contributed by atoms with Crippen LogP contribution in [0.2, 0.25) is 0 Å². The zero-order chi connectivity index (χ0) is 58.9. The molecule has 1 aliphatic rings. The average molecular weight is 1130 g/mol. The number of carbonyl (C=O) groups is 4. The molecule has 0 radical (unpaired) electrons. The molecule has 1 heterocycles. The van der Waals surface area contributed by atoms with Gasteiger partial charge in [0.15, 0.2) is 24.6 Å². The van der Waals surface area contributed by atoms with E-state index < -0.39 is 67.3 Å². The lowest BCUT2D eigenvalue weighted by molar-refractivity contribution is -0.301. The Bertz CT molecular complexity index is 1870. The van der Waals surface area contributed by atoms with Crippen LogP contribution in [0.25, 0.3) is 0 Å². The molecule has 12 nitrogen and oxygen atoms in total. The first kappa shape index (κ1) is 74.1. The predicted molar refractivity (Wildman–Crippen MR) is 330 cm³/mol. The average Bonchev–Trinajstić information content (AvgIpc) is 3.46. The normalized spacial score (nSPS) is 18.6. The van der Waals surface area contributed by atoms with Crippen LogP contribution in [0.4, 0.5) is 0 Å². The van der Waals surface area contributed by atoms with Crippen molar-refractivity contribution >= 4 is 23.9 Å². The van der Waals surface area contributed by atoms with E-state index in [0.29, 0.717) is 25.7 Å². The SMILES string of the molecule is CC/C=C\C/C=C\C/C=C\C/C=C\C/C=C\CCCCCC(=O)OCC(COC1OC(C(=O)O)C(O)C(O)C1OC(=O)CC/C=C\C/C=C\C/C=C\C/C=C\CC)OC(=O)CCCCCCCCCCC/C=C\CCCCCCCC. The van der Waals surface area contributed by atoms with Gasteiger partial charge in [0.2, 0.25) is 0 Å². The van der Waals surface area contributed by atoms with Crippen molar-refractivity contribution in [1.82, 2.24) is 0 Å². The molecule has 6 unspecified atom stereocenters. The standard InChI is InChI=1S/C69H110O12/c1-4-7-10-13-16-19-22-25-27-29-31-33-35-38-40-43-46-49-52-55-61(70)77-58-60(79-62(71)56-53-50-47-44-42-39-36-34-32-30-28-26-23-20-17-14-11-8-5-2)59-78-69-67(65(74)64(73)66(81-69)68(75)76)80-63(72)57-54-51-48-45-41-37-24-21-18-15-12-9-6-3/h7,9-10,12,16,18-19,21,25-28,31,33,37-38,40-41,48,51,60,64-67,69,73-74H,4-6,8,11,13-15,17,20,22-24,29-30,32,34-36,39,42-47,49-50,52-59H2,1-3H3,(H,75,76)/b10-7-,12-9-,19-16-,21-18-,27-25-,28-26-,33-31-,40-38-,41-37-,51-48-. The van der Waals surface area contributed by atoms with Crippen LogP contribution in [-0.2, 0) is 42.9 Å². The molecule has 0 spiro atoms. The third-order valence-corrected chi connectivity index (χ3v) is 13.5. The first-order valence-electron chi connectivity index (χ1n) is 31.5. The summed E-state index contributed by atoms with van der Waals surface area (Å²) in [7, 11) is 0. The van der Waals surface area contributed by atoms with E-state index >= 15 is 0 Å². The Hall–Kier alpha value is -4.88. The van der Waals surface area contributed by atoms with Crippen LogP contribution in [0.15, 0.2) is 122 Å². The minimum absolute atomic E-state index is 0.0698. The molecule has 0 aromatic carbocycles. The maximum atomic E-state index is 13.2. The Morgan fingerprint density at radius 1 is 0.420 bits per heavy atom. The third kappa shape index (κ3) is 45.3. The summed E-state index contributed by atoms with van der Waals surface area (Å²) >= 11 is 0. The Balaban J connectivity index is 2.72. The van der Waals surface area contributed by atoms with E-state index in [4.69, 9.17) is 23.7 Å². The summed E-state index contributed by atoms with van der Waals surface area (Å²) in [5.74, 6) is -3.28. The minimum Gasteiger partial charge on any atom is -0.479 e. The summed E-state index contributed by atoms with van der Waals surface area (Å²) in [6, 6.07) is 0. The molecule has 1 rings (SSSR count). The van der Waals surface area contributed by atoms with Crippen LogP contribution >= 0.6 is 0 Å². The van der Waals surface area contributed by atoms with Crippen molar-refractivity contribution in [2.45, 2.75) is 276 Å². The van der Waals surface area contributed by atoms with E-state index in [-0.39, 0.29) is 25.9 Å². The van der Waals surface area contributed by atoms with Gasteiger partial charge in [-0.25, -0.2) is 4.79 Å². The number of aliphatic carboxylic acids is 1.